The molecule has 0 radical (unpaired) electrons. The van der Waals surface area contributed by atoms with Crippen molar-refractivity contribution in [3.05, 3.63) is 65.2 Å². The van der Waals surface area contributed by atoms with Gasteiger partial charge in [-0.25, -0.2) is 4.79 Å². The third-order valence-corrected chi connectivity index (χ3v) is 5.95. The second kappa shape index (κ2) is 13.9. The standard InChI is InChI=1S/C28H43N3O/c1-6-7-8-9-13-19-29-26(23-15-11-10-12-16-23)20-30-28(32)31-27-24(21(2)3)17-14-18-25(27)22(4)5/h10-12,14-18,21-22,26,29H,6-9,13,19-20H2,1-5H3,(H2,30,31,32). The molecule has 0 saturated heterocycles. The maximum absolute atomic E-state index is 12.9. The van der Waals surface area contributed by atoms with Crippen LogP contribution in [0.1, 0.15) is 101 Å². The summed E-state index contributed by atoms with van der Waals surface area (Å²) in [4.78, 5) is 12.9. The van der Waals surface area contributed by atoms with E-state index in [0.717, 1.165) is 18.7 Å². The van der Waals surface area contributed by atoms with E-state index < -0.39 is 0 Å². The summed E-state index contributed by atoms with van der Waals surface area (Å²) < 4.78 is 0. The highest BCUT2D eigenvalue weighted by atomic mass is 16.2. The van der Waals surface area contributed by atoms with Crippen molar-refractivity contribution in [3.63, 3.8) is 0 Å². The molecule has 0 fully saturated rings. The Morgan fingerprint density at radius 2 is 1.44 bits per heavy atom. The number of hydrogen-bond acceptors (Lipinski definition) is 2. The zero-order valence-electron chi connectivity index (χ0n) is 20.7. The Balaban J connectivity index is 2.01. The van der Waals surface area contributed by atoms with Gasteiger partial charge < -0.3 is 16.0 Å². The number of para-hydroxylation sites is 1. The lowest BCUT2D eigenvalue weighted by Gasteiger charge is -2.22. The number of benzene rings is 2. The minimum atomic E-state index is -0.148. The Kier molecular flexibility index (Phi) is 11.3. The van der Waals surface area contributed by atoms with Gasteiger partial charge in [-0.15, -0.1) is 0 Å². The number of nitrogens with one attached hydrogen (secondary N) is 3. The Labute approximate surface area is 195 Å². The fraction of sp³-hybridized carbons (Fsp3) is 0.536. The first-order chi connectivity index (χ1) is 15.4. The van der Waals surface area contributed by atoms with E-state index in [2.05, 4.69) is 93.0 Å². The summed E-state index contributed by atoms with van der Waals surface area (Å²) >= 11 is 0. The number of rotatable bonds is 13. The van der Waals surface area contributed by atoms with Gasteiger partial charge in [0.05, 0.1) is 0 Å². The van der Waals surface area contributed by atoms with Crippen LogP contribution >= 0.6 is 0 Å². The van der Waals surface area contributed by atoms with Crippen molar-refractivity contribution in [1.29, 1.82) is 0 Å². The van der Waals surface area contributed by atoms with Gasteiger partial charge in [-0.1, -0.05) is 109 Å². The van der Waals surface area contributed by atoms with Crippen molar-refractivity contribution in [2.75, 3.05) is 18.4 Å². The molecular weight excluding hydrogens is 394 g/mol. The summed E-state index contributed by atoms with van der Waals surface area (Å²) in [6.07, 6.45) is 6.27. The first kappa shape index (κ1) is 25.9. The Bertz CT molecular complexity index is 775. The van der Waals surface area contributed by atoms with E-state index in [1.54, 1.807) is 0 Å². The summed E-state index contributed by atoms with van der Waals surface area (Å²) in [6, 6.07) is 16.6. The SMILES string of the molecule is CCCCCCCNC(CNC(=O)Nc1c(C(C)C)cccc1C(C)C)c1ccccc1. The highest BCUT2D eigenvalue weighted by Crippen LogP contribution is 2.32. The molecule has 176 valence electrons. The minimum Gasteiger partial charge on any atom is -0.336 e. The Morgan fingerprint density at radius 3 is 2.03 bits per heavy atom. The van der Waals surface area contributed by atoms with Crippen molar-refractivity contribution in [2.45, 2.75) is 84.6 Å². The van der Waals surface area contributed by atoms with Crippen LogP contribution in [0, 0.1) is 0 Å². The molecule has 0 aliphatic rings. The fourth-order valence-corrected chi connectivity index (χ4v) is 4.05. The smallest absolute Gasteiger partial charge is 0.319 e. The van der Waals surface area contributed by atoms with Gasteiger partial charge in [0.2, 0.25) is 0 Å². The van der Waals surface area contributed by atoms with Gasteiger partial charge in [-0.05, 0) is 41.5 Å². The van der Waals surface area contributed by atoms with Gasteiger partial charge >= 0.3 is 6.03 Å². The summed E-state index contributed by atoms with van der Waals surface area (Å²) in [6.45, 7) is 12.4. The third kappa shape index (κ3) is 8.31. The molecule has 3 N–H and O–H groups in total. The average molecular weight is 438 g/mol. The van der Waals surface area contributed by atoms with Gasteiger partial charge in [-0.3, -0.25) is 0 Å². The van der Waals surface area contributed by atoms with Crippen LogP contribution in [-0.2, 0) is 0 Å². The maximum atomic E-state index is 12.9. The maximum Gasteiger partial charge on any atom is 0.319 e. The fourth-order valence-electron chi connectivity index (χ4n) is 4.05. The Hall–Kier alpha value is -2.33. The van der Waals surface area contributed by atoms with Crippen LogP contribution in [0.15, 0.2) is 48.5 Å². The minimum absolute atomic E-state index is 0.0954. The van der Waals surface area contributed by atoms with E-state index in [1.165, 1.54) is 42.4 Å². The summed E-state index contributed by atoms with van der Waals surface area (Å²) in [5.74, 6) is 0.686. The van der Waals surface area contributed by atoms with Crippen LogP contribution in [0.4, 0.5) is 10.5 Å². The highest BCUT2D eigenvalue weighted by molar-refractivity contribution is 5.91. The lowest BCUT2D eigenvalue weighted by molar-refractivity contribution is 0.250. The molecule has 0 aromatic heterocycles. The largest absolute Gasteiger partial charge is 0.336 e. The topological polar surface area (TPSA) is 53.2 Å². The first-order valence-corrected chi connectivity index (χ1v) is 12.4. The molecule has 2 rings (SSSR count). The first-order valence-electron chi connectivity index (χ1n) is 12.4. The molecule has 0 bridgehead atoms. The summed E-state index contributed by atoms with van der Waals surface area (Å²) in [7, 11) is 0. The van der Waals surface area contributed by atoms with Crippen molar-refractivity contribution < 1.29 is 4.79 Å². The summed E-state index contributed by atoms with van der Waals surface area (Å²) in [5.41, 5.74) is 4.51. The van der Waals surface area contributed by atoms with Gasteiger partial charge in [0.15, 0.2) is 0 Å². The molecule has 0 aliphatic carbocycles. The average Bonchev–Trinajstić information content (AvgIpc) is 2.78. The van der Waals surface area contributed by atoms with Crippen molar-refractivity contribution in [2.24, 2.45) is 0 Å². The van der Waals surface area contributed by atoms with Crippen LogP contribution in [0.25, 0.3) is 0 Å². The second-order valence-electron chi connectivity index (χ2n) is 9.29. The molecular formula is C28H43N3O. The predicted octanol–water partition coefficient (Wildman–Crippen LogP) is 7.36. The molecule has 1 unspecified atom stereocenters. The van der Waals surface area contributed by atoms with Crippen LogP contribution < -0.4 is 16.0 Å². The molecule has 0 saturated carbocycles. The normalized spacial score (nSPS) is 12.2. The van der Waals surface area contributed by atoms with Crippen LogP contribution in [0.2, 0.25) is 0 Å². The van der Waals surface area contributed by atoms with Crippen molar-refractivity contribution in [3.8, 4) is 0 Å². The molecule has 1 atom stereocenters. The predicted molar refractivity (Wildman–Crippen MR) is 138 cm³/mol. The van der Waals surface area contributed by atoms with Crippen LogP contribution in [0.5, 0.6) is 0 Å². The van der Waals surface area contributed by atoms with E-state index in [4.69, 9.17) is 0 Å². The van der Waals surface area contributed by atoms with E-state index in [1.807, 2.05) is 6.07 Å². The third-order valence-electron chi connectivity index (χ3n) is 5.95. The molecule has 32 heavy (non-hydrogen) atoms. The van der Waals surface area contributed by atoms with Gasteiger partial charge in [0, 0.05) is 18.3 Å². The zero-order valence-corrected chi connectivity index (χ0v) is 20.7. The number of anilines is 1. The molecule has 4 heteroatoms. The van der Waals surface area contributed by atoms with Crippen LogP contribution in [-0.4, -0.2) is 19.1 Å². The van der Waals surface area contributed by atoms with E-state index >= 15 is 0 Å². The second-order valence-corrected chi connectivity index (χ2v) is 9.29. The molecule has 0 spiro atoms. The molecule has 2 aromatic carbocycles. The molecule has 2 amide bonds. The number of carbonyl (C=O) groups is 1. The molecule has 4 nitrogen and oxygen atoms in total. The lowest BCUT2D eigenvalue weighted by atomic mass is 9.93. The number of hydrogen-bond donors (Lipinski definition) is 3. The van der Waals surface area contributed by atoms with E-state index in [0.29, 0.717) is 18.4 Å². The van der Waals surface area contributed by atoms with Gasteiger partial charge in [-0.2, -0.15) is 0 Å². The number of unbranched alkanes of at least 4 members (excludes halogenated alkanes) is 4. The van der Waals surface area contributed by atoms with Gasteiger partial charge in [0.1, 0.15) is 0 Å². The monoisotopic (exact) mass is 437 g/mol. The molecule has 2 aromatic rings. The van der Waals surface area contributed by atoms with Crippen molar-refractivity contribution in [1.82, 2.24) is 10.6 Å². The highest BCUT2D eigenvalue weighted by Gasteiger charge is 2.17. The lowest BCUT2D eigenvalue weighted by Crippen LogP contribution is -2.38. The summed E-state index contributed by atoms with van der Waals surface area (Å²) in [5, 5.41) is 9.92. The number of amides is 2. The van der Waals surface area contributed by atoms with Gasteiger partial charge in [0.25, 0.3) is 0 Å². The molecule has 0 aliphatic heterocycles. The van der Waals surface area contributed by atoms with Crippen molar-refractivity contribution >= 4 is 11.7 Å². The quantitative estimate of drug-likeness (QED) is 0.287. The number of urea groups is 1. The van der Waals surface area contributed by atoms with E-state index in [9.17, 15) is 4.79 Å². The zero-order chi connectivity index (χ0) is 23.3. The van der Waals surface area contributed by atoms with E-state index in [-0.39, 0.29) is 12.1 Å². The van der Waals surface area contributed by atoms with Crippen LogP contribution in [0.3, 0.4) is 0 Å². The Morgan fingerprint density at radius 1 is 0.812 bits per heavy atom. The molecule has 0 heterocycles. The number of carbonyl (C=O) groups excluding carboxylic acids is 1.